The van der Waals surface area contributed by atoms with Gasteiger partial charge in [-0.15, -0.1) is 0 Å². The molecule has 1 saturated heterocycles. The Labute approximate surface area is 129 Å². The Bertz CT molecular complexity index is 619. The molecule has 6 nitrogen and oxygen atoms in total. The minimum atomic E-state index is -0.129. The van der Waals surface area contributed by atoms with Crippen LogP contribution in [0.1, 0.15) is 16.1 Å². The molecule has 3 rings (SSSR count). The molecule has 2 heterocycles. The van der Waals surface area contributed by atoms with E-state index in [1.165, 1.54) is 18.7 Å². The lowest BCUT2D eigenvalue weighted by atomic mass is 10.2. The predicted octanol–water partition coefficient (Wildman–Crippen LogP) is 1.64. The van der Waals surface area contributed by atoms with Crippen molar-refractivity contribution in [1.82, 2.24) is 15.0 Å². The number of nitrogens with zero attached hydrogens (tertiary/aromatic N) is 3. The zero-order valence-electron chi connectivity index (χ0n) is 12.6. The molecule has 1 aliphatic heterocycles. The molecule has 22 heavy (non-hydrogen) atoms. The fourth-order valence-electron chi connectivity index (χ4n) is 2.56. The van der Waals surface area contributed by atoms with Gasteiger partial charge in [-0.3, -0.25) is 9.69 Å². The lowest BCUT2D eigenvalue weighted by Crippen LogP contribution is -2.48. The van der Waals surface area contributed by atoms with Crippen LogP contribution in [0.4, 0.5) is 0 Å². The number of rotatable bonds is 4. The number of aromatic nitrogens is 1. The van der Waals surface area contributed by atoms with Crippen molar-refractivity contribution in [2.24, 2.45) is 0 Å². The fraction of sp³-hybridized carbons (Fsp3) is 0.375. The predicted molar refractivity (Wildman–Crippen MR) is 80.7 cm³/mol. The lowest BCUT2D eigenvalue weighted by molar-refractivity contribution is 0.0588. The molecule has 0 atom stereocenters. The Kier molecular flexibility index (Phi) is 4.39. The van der Waals surface area contributed by atoms with Gasteiger partial charge in [0.25, 0.3) is 11.8 Å². The number of benzene rings is 1. The first-order chi connectivity index (χ1) is 10.8. The second-order valence-electron chi connectivity index (χ2n) is 5.29. The summed E-state index contributed by atoms with van der Waals surface area (Å²) in [5, 5.41) is 3.67. The van der Waals surface area contributed by atoms with Gasteiger partial charge in [0.05, 0.1) is 13.2 Å². The van der Waals surface area contributed by atoms with E-state index in [4.69, 9.17) is 9.26 Å². The van der Waals surface area contributed by atoms with Gasteiger partial charge in [0.2, 0.25) is 5.76 Å². The Balaban J connectivity index is 1.54. The molecule has 2 aromatic rings. The first-order valence-electron chi connectivity index (χ1n) is 7.32. The third-order valence-electron chi connectivity index (χ3n) is 3.82. The fourth-order valence-corrected chi connectivity index (χ4v) is 2.56. The Morgan fingerprint density at radius 3 is 2.59 bits per heavy atom. The molecule has 0 radical (unpaired) electrons. The van der Waals surface area contributed by atoms with Crippen molar-refractivity contribution in [2.75, 3.05) is 33.3 Å². The zero-order valence-corrected chi connectivity index (χ0v) is 12.6. The van der Waals surface area contributed by atoms with Crippen molar-refractivity contribution in [1.29, 1.82) is 0 Å². The van der Waals surface area contributed by atoms with Gasteiger partial charge in [-0.2, -0.15) is 0 Å². The Morgan fingerprint density at radius 1 is 1.23 bits per heavy atom. The molecular weight excluding hydrogens is 282 g/mol. The van der Waals surface area contributed by atoms with E-state index in [0.29, 0.717) is 19.0 Å². The van der Waals surface area contributed by atoms with Crippen LogP contribution in [-0.4, -0.2) is 54.2 Å². The van der Waals surface area contributed by atoms with Crippen molar-refractivity contribution in [3.05, 3.63) is 47.7 Å². The van der Waals surface area contributed by atoms with Crippen LogP contribution in [0.2, 0.25) is 0 Å². The van der Waals surface area contributed by atoms with Crippen LogP contribution in [0, 0.1) is 0 Å². The maximum absolute atomic E-state index is 12.3. The molecular formula is C16H19N3O3. The van der Waals surface area contributed by atoms with E-state index in [9.17, 15) is 4.79 Å². The van der Waals surface area contributed by atoms with Crippen LogP contribution in [0.15, 0.2) is 40.9 Å². The summed E-state index contributed by atoms with van der Waals surface area (Å²) in [6.07, 6.45) is 0. The number of hydrogen-bond acceptors (Lipinski definition) is 5. The van der Waals surface area contributed by atoms with Crippen molar-refractivity contribution < 1.29 is 14.1 Å². The molecule has 0 spiro atoms. The van der Waals surface area contributed by atoms with E-state index in [2.05, 4.69) is 22.2 Å². The maximum atomic E-state index is 12.3. The molecule has 0 N–H and O–H groups in total. The van der Waals surface area contributed by atoms with E-state index in [0.717, 1.165) is 19.6 Å². The van der Waals surface area contributed by atoms with Gasteiger partial charge in [-0.1, -0.05) is 30.3 Å². The third-order valence-corrected chi connectivity index (χ3v) is 3.82. The lowest BCUT2D eigenvalue weighted by Gasteiger charge is -2.34. The van der Waals surface area contributed by atoms with Crippen LogP contribution in [0.5, 0.6) is 5.88 Å². The highest BCUT2D eigenvalue weighted by molar-refractivity contribution is 5.91. The van der Waals surface area contributed by atoms with Crippen LogP contribution in [-0.2, 0) is 6.54 Å². The number of carbonyl (C=O) groups excluding carboxylic acids is 1. The standard InChI is InChI=1S/C16H19N3O3/c1-21-15-11-14(22-17-15)16(20)19-9-7-18(8-10-19)12-13-5-3-2-4-6-13/h2-6,11H,7-10,12H2,1H3. The molecule has 1 fully saturated rings. The second-order valence-corrected chi connectivity index (χ2v) is 5.29. The molecule has 1 amide bonds. The van der Waals surface area contributed by atoms with Crippen molar-refractivity contribution in [2.45, 2.75) is 6.54 Å². The van der Waals surface area contributed by atoms with Crippen LogP contribution >= 0.6 is 0 Å². The summed E-state index contributed by atoms with van der Waals surface area (Å²) in [4.78, 5) is 16.5. The van der Waals surface area contributed by atoms with E-state index in [-0.39, 0.29) is 11.7 Å². The van der Waals surface area contributed by atoms with Gasteiger partial charge >= 0.3 is 0 Å². The maximum Gasteiger partial charge on any atom is 0.292 e. The number of ether oxygens (including phenoxy) is 1. The van der Waals surface area contributed by atoms with Crippen molar-refractivity contribution in [3.8, 4) is 5.88 Å². The topological polar surface area (TPSA) is 58.8 Å². The summed E-state index contributed by atoms with van der Waals surface area (Å²) in [6, 6.07) is 11.9. The number of methoxy groups -OCH3 is 1. The minimum absolute atomic E-state index is 0.129. The summed E-state index contributed by atoms with van der Waals surface area (Å²) < 4.78 is 9.95. The molecule has 1 aliphatic rings. The zero-order chi connectivity index (χ0) is 15.4. The van der Waals surface area contributed by atoms with E-state index in [1.807, 2.05) is 18.2 Å². The van der Waals surface area contributed by atoms with Crippen LogP contribution in [0.25, 0.3) is 0 Å². The van der Waals surface area contributed by atoms with Gasteiger partial charge in [-0.05, 0) is 10.7 Å². The van der Waals surface area contributed by atoms with Crippen molar-refractivity contribution >= 4 is 5.91 Å². The van der Waals surface area contributed by atoms with Gasteiger partial charge in [0.15, 0.2) is 0 Å². The van der Waals surface area contributed by atoms with Crippen LogP contribution < -0.4 is 4.74 Å². The number of hydrogen-bond donors (Lipinski definition) is 0. The Morgan fingerprint density at radius 2 is 1.95 bits per heavy atom. The summed E-state index contributed by atoms with van der Waals surface area (Å²) in [7, 11) is 1.49. The number of amides is 1. The highest BCUT2D eigenvalue weighted by Gasteiger charge is 2.25. The summed E-state index contributed by atoms with van der Waals surface area (Å²) in [6.45, 7) is 4.00. The number of piperazine rings is 1. The minimum Gasteiger partial charge on any atom is -0.479 e. The summed E-state index contributed by atoms with van der Waals surface area (Å²) in [5.41, 5.74) is 1.29. The molecule has 1 aromatic carbocycles. The van der Waals surface area contributed by atoms with Gasteiger partial charge < -0.3 is 14.2 Å². The Hall–Kier alpha value is -2.34. The van der Waals surface area contributed by atoms with E-state index < -0.39 is 0 Å². The molecule has 6 heteroatoms. The molecule has 0 aliphatic carbocycles. The highest BCUT2D eigenvalue weighted by Crippen LogP contribution is 2.15. The summed E-state index contributed by atoms with van der Waals surface area (Å²) >= 11 is 0. The average molecular weight is 301 g/mol. The van der Waals surface area contributed by atoms with Gasteiger partial charge in [0.1, 0.15) is 0 Å². The van der Waals surface area contributed by atoms with Gasteiger partial charge in [0, 0.05) is 32.7 Å². The molecule has 1 aromatic heterocycles. The SMILES string of the molecule is COc1cc(C(=O)N2CCN(Cc3ccccc3)CC2)on1. The van der Waals surface area contributed by atoms with Crippen molar-refractivity contribution in [3.63, 3.8) is 0 Å². The third kappa shape index (κ3) is 3.28. The quantitative estimate of drug-likeness (QED) is 0.859. The first-order valence-corrected chi connectivity index (χ1v) is 7.32. The monoisotopic (exact) mass is 301 g/mol. The second kappa shape index (κ2) is 6.62. The average Bonchev–Trinajstić information content (AvgIpc) is 3.05. The largest absolute Gasteiger partial charge is 0.479 e. The molecule has 0 saturated carbocycles. The van der Waals surface area contributed by atoms with E-state index >= 15 is 0 Å². The number of carbonyl (C=O) groups is 1. The van der Waals surface area contributed by atoms with Crippen LogP contribution in [0.3, 0.4) is 0 Å². The normalized spacial score (nSPS) is 15.8. The highest BCUT2D eigenvalue weighted by atomic mass is 16.5. The molecule has 0 bridgehead atoms. The van der Waals surface area contributed by atoms with E-state index in [1.54, 1.807) is 4.90 Å². The first kappa shape index (κ1) is 14.6. The summed E-state index contributed by atoms with van der Waals surface area (Å²) in [5.74, 6) is 0.426. The smallest absolute Gasteiger partial charge is 0.292 e. The molecule has 0 unspecified atom stereocenters. The molecule has 116 valence electrons. The van der Waals surface area contributed by atoms with Gasteiger partial charge in [-0.25, -0.2) is 0 Å².